The number of nitrogens with two attached hydrogens (primary N) is 1. The van der Waals surface area contributed by atoms with E-state index < -0.39 is 9.84 Å². The molecular formula is C6H13NO2S. The van der Waals surface area contributed by atoms with Crippen LogP contribution >= 0.6 is 0 Å². The van der Waals surface area contributed by atoms with Crippen LogP contribution in [0.5, 0.6) is 0 Å². The monoisotopic (exact) mass is 163 g/mol. The Kier molecular flexibility index (Phi) is 1.76. The fourth-order valence-electron chi connectivity index (χ4n) is 1.24. The highest BCUT2D eigenvalue weighted by atomic mass is 32.2. The van der Waals surface area contributed by atoms with Crippen molar-refractivity contribution in [1.29, 1.82) is 0 Å². The molecule has 2 N–H and O–H groups in total. The second-order valence-corrected chi connectivity index (χ2v) is 5.54. The van der Waals surface area contributed by atoms with Crippen LogP contribution in [0.2, 0.25) is 0 Å². The Labute approximate surface area is 61.5 Å². The molecule has 1 atom stereocenters. The highest BCUT2D eigenvalue weighted by molar-refractivity contribution is 7.91. The minimum Gasteiger partial charge on any atom is -0.330 e. The molecule has 1 heterocycles. The molecule has 60 valence electrons. The largest absolute Gasteiger partial charge is 0.330 e. The minimum atomic E-state index is -2.75. The van der Waals surface area contributed by atoms with Crippen molar-refractivity contribution in [3.05, 3.63) is 0 Å². The first-order chi connectivity index (χ1) is 4.47. The van der Waals surface area contributed by atoms with E-state index in [2.05, 4.69) is 0 Å². The van der Waals surface area contributed by atoms with Crippen LogP contribution in [-0.2, 0) is 9.84 Å². The van der Waals surface area contributed by atoms with E-state index in [-0.39, 0.29) is 11.2 Å². The normalized spacial score (nSPS) is 38.2. The lowest BCUT2D eigenvalue weighted by atomic mass is 9.91. The van der Waals surface area contributed by atoms with Gasteiger partial charge in [-0.1, -0.05) is 6.92 Å². The first-order valence-electron chi connectivity index (χ1n) is 3.38. The SMILES string of the molecule is CC1(CN)CCS(=O)(=O)C1. The maximum Gasteiger partial charge on any atom is 0.150 e. The average Bonchev–Trinajstić information content (AvgIpc) is 2.08. The third kappa shape index (κ3) is 1.49. The summed E-state index contributed by atoms with van der Waals surface area (Å²) in [4.78, 5) is 0. The summed E-state index contributed by atoms with van der Waals surface area (Å²) in [5.74, 6) is 0.594. The van der Waals surface area contributed by atoms with E-state index in [1.807, 2.05) is 6.92 Å². The number of hydrogen-bond donors (Lipinski definition) is 1. The molecule has 3 nitrogen and oxygen atoms in total. The Balaban J connectivity index is 2.76. The zero-order chi connectivity index (χ0) is 7.83. The second-order valence-electron chi connectivity index (χ2n) is 3.36. The van der Waals surface area contributed by atoms with Gasteiger partial charge in [0.05, 0.1) is 11.5 Å². The fraction of sp³-hybridized carbons (Fsp3) is 1.00. The van der Waals surface area contributed by atoms with Gasteiger partial charge in [-0.05, 0) is 18.4 Å². The molecular weight excluding hydrogens is 150 g/mol. The molecule has 1 aliphatic heterocycles. The standard InChI is InChI=1S/C6H13NO2S/c1-6(4-7)2-3-10(8,9)5-6/h2-5,7H2,1H3. The number of rotatable bonds is 1. The Hall–Kier alpha value is -0.0900. The molecule has 0 bridgehead atoms. The highest BCUT2D eigenvalue weighted by Gasteiger charge is 2.36. The van der Waals surface area contributed by atoms with Crippen LogP contribution in [0.15, 0.2) is 0 Å². The molecule has 0 aliphatic carbocycles. The summed E-state index contributed by atoms with van der Waals surface area (Å²) in [6.07, 6.45) is 0.728. The zero-order valence-corrected chi connectivity index (χ0v) is 6.95. The van der Waals surface area contributed by atoms with Crippen molar-refractivity contribution < 1.29 is 8.42 Å². The van der Waals surface area contributed by atoms with E-state index in [0.717, 1.165) is 6.42 Å². The molecule has 4 heteroatoms. The van der Waals surface area contributed by atoms with Crippen molar-refractivity contribution in [1.82, 2.24) is 0 Å². The first-order valence-corrected chi connectivity index (χ1v) is 5.20. The Bertz CT molecular complexity index is 222. The van der Waals surface area contributed by atoms with Gasteiger partial charge in [0, 0.05) is 0 Å². The zero-order valence-electron chi connectivity index (χ0n) is 6.13. The van der Waals surface area contributed by atoms with E-state index in [0.29, 0.717) is 12.3 Å². The molecule has 0 aromatic heterocycles. The smallest absolute Gasteiger partial charge is 0.150 e. The predicted molar refractivity (Wildman–Crippen MR) is 40.4 cm³/mol. The molecule has 1 saturated heterocycles. The van der Waals surface area contributed by atoms with Crippen LogP contribution in [0.3, 0.4) is 0 Å². The quantitative estimate of drug-likeness (QED) is 0.581. The van der Waals surface area contributed by atoms with Crippen molar-refractivity contribution in [2.45, 2.75) is 13.3 Å². The van der Waals surface area contributed by atoms with Gasteiger partial charge < -0.3 is 5.73 Å². The van der Waals surface area contributed by atoms with Gasteiger partial charge in [0.2, 0.25) is 0 Å². The van der Waals surface area contributed by atoms with Gasteiger partial charge in [-0.25, -0.2) is 8.42 Å². The molecule has 0 amide bonds. The first kappa shape index (κ1) is 8.01. The van der Waals surface area contributed by atoms with Crippen LogP contribution in [-0.4, -0.2) is 26.5 Å². The molecule has 0 aromatic carbocycles. The van der Waals surface area contributed by atoms with E-state index in [1.165, 1.54) is 0 Å². The third-order valence-electron chi connectivity index (χ3n) is 2.08. The lowest BCUT2D eigenvalue weighted by Crippen LogP contribution is -2.27. The summed E-state index contributed by atoms with van der Waals surface area (Å²) in [5.41, 5.74) is 5.28. The number of sulfone groups is 1. The van der Waals surface area contributed by atoms with Crippen LogP contribution in [0.4, 0.5) is 0 Å². The van der Waals surface area contributed by atoms with Gasteiger partial charge in [0.1, 0.15) is 0 Å². The van der Waals surface area contributed by atoms with Crippen LogP contribution in [0.25, 0.3) is 0 Å². The maximum absolute atomic E-state index is 10.9. The van der Waals surface area contributed by atoms with Gasteiger partial charge in [-0.3, -0.25) is 0 Å². The summed E-state index contributed by atoms with van der Waals surface area (Å²) in [6.45, 7) is 2.41. The Morgan fingerprint density at radius 3 is 2.40 bits per heavy atom. The third-order valence-corrected chi connectivity index (χ3v) is 4.04. The molecule has 0 saturated carbocycles. The van der Waals surface area contributed by atoms with Crippen molar-refractivity contribution in [2.24, 2.45) is 11.1 Å². The predicted octanol–water partition coefficient (Wildman–Crippen LogP) is -0.230. The molecule has 1 rings (SSSR count). The van der Waals surface area contributed by atoms with Crippen LogP contribution in [0, 0.1) is 5.41 Å². The van der Waals surface area contributed by atoms with Gasteiger partial charge in [0.25, 0.3) is 0 Å². The molecule has 0 spiro atoms. The summed E-state index contributed by atoms with van der Waals surface area (Å²) in [5, 5.41) is 0. The average molecular weight is 163 g/mol. The highest BCUT2D eigenvalue weighted by Crippen LogP contribution is 2.29. The lowest BCUT2D eigenvalue weighted by Gasteiger charge is -2.17. The number of hydrogen-bond acceptors (Lipinski definition) is 3. The molecule has 1 fully saturated rings. The van der Waals surface area contributed by atoms with Crippen molar-refractivity contribution in [3.8, 4) is 0 Å². The van der Waals surface area contributed by atoms with Gasteiger partial charge in [-0.2, -0.15) is 0 Å². The van der Waals surface area contributed by atoms with Crippen molar-refractivity contribution in [3.63, 3.8) is 0 Å². The Morgan fingerprint density at radius 2 is 2.20 bits per heavy atom. The summed E-state index contributed by atoms with van der Waals surface area (Å²) in [7, 11) is -2.75. The van der Waals surface area contributed by atoms with Crippen LogP contribution in [0.1, 0.15) is 13.3 Å². The van der Waals surface area contributed by atoms with Gasteiger partial charge in [-0.15, -0.1) is 0 Å². The summed E-state index contributed by atoms with van der Waals surface area (Å²) in [6, 6.07) is 0. The minimum absolute atomic E-state index is 0.140. The summed E-state index contributed by atoms with van der Waals surface area (Å²) < 4.78 is 21.9. The second kappa shape index (κ2) is 2.20. The van der Waals surface area contributed by atoms with E-state index in [4.69, 9.17) is 5.73 Å². The maximum atomic E-state index is 10.9. The lowest BCUT2D eigenvalue weighted by molar-refractivity contribution is 0.391. The van der Waals surface area contributed by atoms with E-state index >= 15 is 0 Å². The topological polar surface area (TPSA) is 60.2 Å². The van der Waals surface area contributed by atoms with Crippen molar-refractivity contribution >= 4 is 9.84 Å². The fourth-order valence-corrected chi connectivity index (χ4v) is 3.51. The van der Waals surface area contributed by atoms with Gasteiger partial charge in [0.15, 0.2) is 9.84 Å². The van der Waals surface area contributed by atoms with Crippen molar-refractivity contribution in [2.75, 3.05) is 18.1 Å². The summed E-state index contributed by atoms with van der Waals surface area (Å²) >= 11 is 0. The molecule has 10 heavy (non-hydrogen) atoms. The molecule has 1 aliphatic rings. The molecule has 0 radical (unpaired) electrons. The van der Waals surface area contributed by atoms with Gasteiger partial charge >= 0.3 is 0 Å². The Morgan fingerprint density at radius 1 is 1.60 bits per heavy atom. The van der Waals surface area contributed by atoms with E-state index in [1.54, 1.807) is 0 Å². The molecule has 0 aromatic rings. The van der Waals surface area contributed by atoms with Crippen LogP contribution < -0.4 is 5.73 Å². The van der Waals surface area contributed by atoms with E-state index in [9.17, 15) is 8.42 Å². The molecule has 1 unspecified atom stereocenters.